The number of rotatable bonds is 3. The van der Waals surface area contributed by atoms with E-state index in [1.54, 1.807) is 0 Å². The van der Waals surface area contributed by atoms with Gasteiger partial charge in [-0.1, -0.05) is 45.0 Å². The average molecular weight is 299 g/mol. The second-order valence-corrected chi connectivity index (χ2v) is 7.22. The van der Waals surface area contributed by atoms with Crippen LogP contribution in [-0.2, 0) is 12.0 Å². The van der Waals surface area contributed by atoms with Gasteiger partial charge in [-0.25, -0.2) is 0 Å². The summed E-state index contributed by atoms with van der Waals surface area (Å²) in [6, 6.07) is 9.55. The van der Waals surface area contributed by atoms with Crippen LogP contribution >= 0.6 is 0 Å². The van der Waals surface area contributed by atoms with Gasteiger partial charge < -0.3 is 4.42 Å². The van der Waals surface area contributed by atoms with Gasteiger partial charge in [0.1, 0.15) is 0 Å². The van der Waals surface area contributed by atoms with Gasteiger partial charge in [-0.2, -0.15) is 0 Å². The average Bonchev–Trinajstić information content (AvgIpc) is 3.08. The largest absolute Gasteiger partial charge is 0.424 e. The highest BCUT2D eigenvalue weighted by atomic mass is 16.4. The quantitative estimate of drug-likeness (QED) is 0.858. The molecule has 1 fully saturated rings. The molecule has 4 heteroatoms. The van der Waals surface area contributed by atoms with E-state index in [2.05, 4.69) is 60.1 Å². The first-order valence-corrected chi connectivity index (χ1v) is 8.07. The summed E-state index contributed by atoms with van der Waals surface area (Å²) >= 11 is 0. The third-order valence-electron chi connectivity index (χ3n) is 4.43. The summed E-state index contributed by atoms with van der Waals surface area (Å²) in [7, 11) is 0. The minimum absolute atomic E-state index is 0.204. The zero-order valence-corrected chi connectivity index (χ0v) is 14.0. The van der Waals surface area contributed by atoms with Gasteiger partial charge in [-0.3, -0.25) is 4.90 Å². The van der Waals surface area contributed by atoms with Gasteiger partial charge in [0.05, 0.1) is 6.54 Å². The maximum atomic E-state index is 5.53. The minimum atomic E-state index is 0.204. The normalized spacial score (nSPS) is 19.7. The first kappa shape index (κ1) is 15.2. The maximum absolute atomic E-state index is 5.53. The van der Waals surface area contributed by atoms with Crippen molar-refractivity contribution in [3.63, 3.8) is 0 Å². The van der Waals surface area contributed by atoms with Crippen molar-refractivity contribution in [1.29, 1.82) is 0 Å². The molecule has 1 aliphatic heterocycles. The van der Waals surface area contributed by atoms with E-state index in [0.717, 1.165) is 19.0 Å². The lowest BCUT2D eigenvalue weighted by Crippen LogP contribution is -2.23. The molecule has 1 aromatic carbocycles. The summed E-state index contributed by atoms with van der Waals surface area (Å²) in [6.45, 7) is 10.4. The number of aryl methyl sites for hydroxylation is 1. The third-order valence-corrected chi connectivity index (χ3v) is 4.43. The smallest absolute Gasteiger partial charge is 0.230 e. The molecule has 1 aromatic heterocycles. The van der Waals surface area contributed by atoms with Gasteiger partial charge in [-0.05, 0) is 35.9 Å². The lowest BCUT2D eigenvalue weighted by molar-refractivity contribution is 0.222. The van der Waals surface area contributed by atoms with Gasteiger partial charge in [0.15, 0.2) is 0 Å². The van der Waals surface area contributed by atoms with Crippen LogP contribution in [0.1, 0.15) is 62.6 Å². The minimum Gasteiger partial charge on any atom is -0.424 e. The Bertz CT molecular complexity index is 625. The zero-order chi connectivity index (χ0) is 15.7. The molecule has 22 heavy (non-hydrogen) atoms. The van der Waals surface area contributed by atoms with Crippen molar-refractivity contribution in [2.24, 2.45) is 0 Å². The molecule has 0 radical (unpaired) electrons. The van der Waals surface area contributed by atoms with Crippen molar-refractivity contribution in [2.75, 3.05) is 6.54 Å². The molecule has 1 atom stereocenters. The second-order valence-electron chi connectivity index (χ2n) is 7.22. The molecule has 2 heterocycles. The van der Waals surface area contributed by atoms with Gasteiger partial charge in [0, 0.05) is 13.0 Å². The molecule has 0 spiro atoms. The van der Waals surface area contributed by atoms with Crippen LogP contribution in [0.3, 0.4) is 0 Å². The van der Waals surface area contributed by atoms with Crippen LogP contribution in [0.15, 0.2) is 28.7 Å². The molecule has 3 rings (SSSR count). The lowest BCUT2D eigenvalue weighted by atomic mass is 9.86. The molecule has 0 saturated carbocycles. The van der Waals surface area contributed by atoms with Crippen molar-refractivity contribution in [2.45, 2.75) is 58.5 Å². The monoisotopic (exact) mass is 299 g/mol. The lowest BCUT2D eigenvalue weighted by Gasteiger charge is -2.25. The van der Waals surface area contributed by atoms with Crippen LogP contribution in [0.2, 0.25) is 0 Å². The highest BCUT2D eigenvalue weighted by Crippen LogP contribution is 2.34. The molecule has 0 amide bonds. The Labute approximate surface area is 132 Å². The highest BCUT2D eigenvalue weighted by Gasteiger charge is 2.27. The Morgan fingerprint density at radius 2 is 1.91 bits per heavy atom. The van der Waals surface area contributed by atoms with Gasteiger partial charge >= 0.3 is 0 Å². The van der Waals surface area contributed by atoms with Crippen LogP contribution in [0.25, 0.3) is 0 Å². The van der Waals surface area contributed by atoms with Crippen LogP contribution in [0.4, 0.5) is 0 Å². The molecular weight excluding hydrogens is 274 g/mol. The number of hydrogen-bond acceptors (Lipinski definition) is 4. The number of nitrogens with zero attached hydrogens (tertiary/aromatic N) is 3. The predicted molar refractivity (Wildman–Crippen MR) is 86.6 cm³/mol. The Kier molecular flexibility index (Phi) is 4.04. The second kappa shape index (κ2) is 5.84. The summed E-state index contributed by atoms with van der Waals surface area (Å²) in [6.07, 6.45) is 2.42. The van der Waals surface area contributed by atoms with E-state index in [1.807, 2.05) is 6.92 Å². The number of aromatic nitrogens is 2. The van der Waals surface area contributed by atoms with Gasteiger partial charge in [0.25, 0.3) is 0 Å². The van der Waals surface area contributed by atoms with E-state index in [9.17, 15) is 0 Å². The number of hydrogen-bond donors (Lipinski definition) is 0. The van der Waals surface area contributed by atoms with Gasteiger partial charge in [0.2, 0.25) is 11.8 Å². The number of benzene rings is 1. The van der Waals surface area contributed by atoms with E-state index in [-0.39, 0.29) is 5.41 Å². The Balaban J connectivity index is 1.75. The fourth-order valence-corrected chi connectivity index (χ4v) is 3.17. The molecule has 0 aliphatic carbocycles. The Morgan fingerprint density at radius 1 is 1.18 bits per heavy atom. The van der Waals surface area contributed by atoms with Crippen LogP contribution in [0.5, 0.6) is 0 Å². The molecule has 0 unspecified atom stereocenters. The topological polar surface area (TPSA) is 42.2 Å². The molecular formula is C18H25N3O. The molecule has 1 aliphatic rings. The summed E-state index contributed by atoms with van der Waals surface area (Å²) in [5, 5.41) is 8.05. The first-order valence-electron chi connectivity index (χ1n) is 8.07. The van der Waals surface area contributed by atoms with Crippen molar-refractivity contribution in [1.82, 2.24) is 15.1 Å². The highest BCUT2D eigenvalue weighted by molar-refractivity contribution is 5.29. The molecule has 118 valence electrons. The van der Waals surface area contributed by atoms with Crippen LogP contribution in [0, 0.1) is 6.92 Å². The fourth-order valence-electron chi connectivity index (χ4n) is 3.17. The SMILES string of the molecule is Cc1nnc(CN2CCC[C@@H]2c2ccc(C(C)(C)C)cc2)o1. The molecule has 0 N–H and O–H groups in total. The summed E-state index contributed by atoms with van der Waals surface area (Å²) in [5.41, 5.74) is 2.98. The fraction of sp³-hybridized carbons (Fsp3) is 0.556. The molecule has 1 saturated heterocycles. The summed E-state index contributed by atoms with van der Waals surface area (Å²) < 4.78 is 5.53. The Hall–Kier alpha value is -1.68. The molecule has 2 aromatic rings. The van der Waals surface area contributed by atoms with Crippen molar-refractivity contribution in [3.8, 4) is 0 Å². The zero-order valence-electron chi connectivity index (χ0n) is 14.0. The first-order chi connectivity index (χ1) is 10.4. The Morgan fingerprint density at radius 3 is 2.50 bits per heavy atom. The summed E-state index contributed by atoms with van der Waals surface area (Å²) in [5.74, 6) is 1.36. The van der Waals surface area contributed by atoms with Crippen molar-refractivity contribution in [3.05, 3.63) is 47.2 Å². The molecule has 0 bridgehead atoms. The standard InChI is InChI=1S/C18H25N3O/c1-13-19-20-17(22-13)12-21-11-5-6-16(21)14-7-9-15(10-8-14)18(2,3)4/h7-10,16H,5-6,11-12H2,1-4H3/t16-/m1/s1. The van der Waals surface area contributed by atoms with Crippen LogP contribution < -0.4 is 0 Å². The maximum Gasteiger partial charge on any atom is 0.230 e. The molecule has 4 nitrogen and oxygen atoms in total. The van der Waals surface area contributed by atoms with E-state index in [4.69, 9.17) is 4.42 Å². The van der Waals surface area contributed by atoms with Crippen molar-refractivity contribution >= 4 is 0 Å². The van der Waals surface area contributed by atoms with Crippen LogP contribution in [-0.4, -0.2) is 21.6 Å². The predicted octanol–water partition coefficient (Wildman–Crippen LogP) is 4.01. The number of likely N-dealkylation sites (tertiary alicyclic amines) is 1. The van der Waals surface area contributed by atoms with Crippen molar-refractivity contribution < 1.29 is 4.42 Å². The third kappa shape index (κ3) is 3.22. The van der Waals surface area contributed by atoms with Gasteiger partial charge in [-0.15, -0.1) is 10.2 Å². The van der Waals surface area contributed by atoms with E-state index in [0.29, 0.717) is 11.9 Å². The van der Waals surface area contributed by atoms with E-state index >= 15 is 0 Å². The summed E-state index contributed by atoms with van der Waals surface area (Å²) in [4.78, 5) is 2.44. The van der Waals surface area contributed by atoms with E-state index < -0.39 is 0 Å². The van der Waals surface area contributed by atoms with E-state index in [1.165, 1.54) is 24.0 Å².